The first-order valence-electron chi connectivity index (χ1n) is 13.6. The first kappa shape index (κ1) is 23.7. The average Bonchev–Trinajstić information content (AvgIpc) is 3.11. The molecule has 6 heteroatoms. The van der Waals surface area contributed by atoms with Crippen LogP contribution in [0.15, 0.2) is 35.9 Å². The minimum absolute atomic E-state index is 0.00836. The summed E-state index contributed by atoms with van der Waals surface area (Å²) in [4.78, 5) is 42.0. The normalized spacial score (nSPS) is 43.2. The molecule has 1 aromatic carbocycles. The second-order valence-corrected chi connectivity index (χ2v) is 13.0. The van der Waals surface area contributed by atoms with Crippen LogP contribution in [0.5, 0.6) is 5.75 Å². The molecule has 36 heavy (non-hydrogen) atoms. The van der Waals surface area contributed by atoms with Crippen molar-refractivity contribution in [3.05, 3.63) is 35.9 Å². The van der Waals surface area contributed by atoms with E-state index in [1.807, 2.05) is 6.92 Å². The summed E-state index contributed by atoms with van der Waals surface area (Å²) in [6, 6.07) is 6.33. The summed E-state index contributed by atoms with van der Waals surface area (Å²) in [6.45, 7) is 8.59. The molecule has 1 aliphatic heterocycles. The second-order valence-electron chi connectivity index (χ2n) is 13.0. The molecular formula is C30H37NO5. The topological polar surface area (TPSA) is 94.9 Å². The van der Waals surface area contributed by atoms with Gasteiger partial charge in [0.1, 0.15) is 5.75 Å². The number of carboxylic acids is 1. The summed E-state index contributed by atoms with van der Waals surface area (Å²) >= 11 is 0. The van der Waals surface area contributed by atoms with Crippen LogP contribution in [0.2, 0.25) is 0 Å². The zero-order chi connectivity index (χ0) is 25.8. The number of carboxylic acid groups (broad SMARTS) is 1. The lowest BCUT2D eigenvalue weighted by Crippen LogP contribution is -2.65. The summed E-state index contributed by atoms with van der Waals surface area (Å²) < 4.78 is 0. The van der Waals surface area contributed by atoms with Crippen molar-refractivity contribution >= 4 is 23.5 Å². The van der Waals surface area contributed by atoms with E-state index in [0.717, 1.165) is 32.1 Å². The molecule has 1 spiro atoms. The number of benzene rings is 1. The van der Waals surface area contributed by atoms with E-state index in [2.05, 4.69) is 26.8 Å². The van der Waals surface area contributed by atoms with Gasteiger partial charge in [-0.3, -0.25) is 19.3 Å². The highest BCUT2D eigenvalue weighted by Crippen LogP contribution is 2.74. The Hall–Kier alpha value is -2.63. The molecule has 0 aromatic heterocycles. The highest BCUT2D eigenvalue weighted by atomic mass is 16.4. The SMILES string of the molecule is CC(C)C1=C[C@]23CC[C@@H]4[C@](C)(CCC[C@@]4(C)C(=O)O)[C@@H]2C[C@@H]1[C@H]1C(=O)N(c2ccc(O)cc2)C(=O)[C@@H]13. The fourth-order valence-electron chi connectivity index (χ4n) is 9.81. The quantitative estimate of drug-likeness (QED) is 0.436. The third kappa shape index (κ3) is 2.76. The van der Waals surface area contributed by atoms with Crippen molar-refractivity contribution in [2.75, 3.05) is 4.90 Å². The Morgan fingerprint density at radius 1 is 1.03 bits per heavy atom. The summed E-state index contributed by atoms with van der Waals surface area (Å²) in [7, 11) is 0. The standard InChI is InChI=1S/C30H37NO5/c1-16(2)20-15-30-13-10-21-28(3,11-5-12-29(21,4)27(35)36)22(30)14-19(20)23-24(30)26(34)31(25(23)33)17-6-8-18(32)9-7-17/h6-9,15-16,19,21-24,32H,5,10-14H2,1-4H3,(H,35,36)/t19-,21+,22-,23+,24+,28-,29+,30+/m0/s1. The van der Waals surface area contributed by atoms with Crippen LogP contribution in [-0.2, 0) is 14.4 Å². The van der Waals surface area contributed by atoms with Crippen LogP contribution >= 0.6 is 0 Å². The Morgan fingerprint density at radius 3 is 2.36 bits per heavy atom. The summed E-state index contributed by atoms with van der Waals surface area (Å²) in [5.41, 5.74) is 0.482. The predicted octanol–water partition coefficient (Wildman–Crippen LogP) is 5.41. The van der Waals surface area contributed by atoms with E-state index in [1.54, 1.807) is 12.1 Å². The van der Waals surface area contributed by atoms with Gasteiger partial charge in [-0.1, -0.05) is 38.8 Å². The molecule has 1 heterocycles. The van der Waals surface area contributed by atoms with E-state index in [1.165, 1.54) is 22.6 Å². The molecule has 2 N–H and O–H groups in total. The molecule has 8 atom stereocenters. The van der Waals surface area contributed by atoms with E-state index < -0.39 is 22.7 Å². The highest BCUT2D eigenvalue weighted by molar-refractivity contribution is 6.23. The molecule has 3 saturated carbocycles. The maximum absolute atomic E-state index is 14.2. The zero-order valence-corrected chi connectivity index (χ0v) is 21.7. The van der Waals surface area contributed by atoms with Gasteiger partial charge in [-0.2, -0.15) is 0 Å². The van der Waals surface area contributed by atoms with Crippen LogP contribution in [0.3, 0.4) is 0 Å². The Balaban J connectivity index is 1.49. The Bertz CT molecular complexity index is 1190. The number of aliphatic carboxylic acids is 1. The number of rotatable bonds is 3. The molecule has 7 rings (SSSR count). The highest BCUT2D eigenvalue weighted by Gasteiger charge is 2.73. The smallest absolute Gasteiger partial charge is 0.309 e. The van der Waals surface area contributed by atoms with Gasteiger partial charge in [-0.15, -0.1) is 0 Å². The van der Waals surface area contributed by atoms with E-state index in [0.29, 0.717) is 18.0 Å². The van der Waals surface area contributed by atoms with Gasteiger partial charge in [-0.25, -0.2) is 0 Å². The van der Waals surface area contributed by atoms with Gasteiger partial charge in [-0.05, 0) is 92.4 Å². The van der Waals surface area contributed by atoms with Crippen LogP contribution in [0, 0.1) is 51.8 Å². The van der Waals surface area contributed by atoms with Gasteiger partial charge in [0.2, 0.25) is 11.8 Å². The van der Waals surface area contributed by atoms with Crippen molar-refractivity contribution in [1.29, 1.82) is 0 Å². The number of nitrogens with zero attached hydrogens (tertiary/aromatic N) is 1. The number of anilines is 1. The maximum atomic E-state index is 14.2. The molecule has 4 fully saturated rings. The lowest BCUT2D eigenvalue weighted by atomic mass is 9.34. The molecule has 2 amide bonds. The number of aromatic hydroxyl groups is 1. The number of carbonyl (C=O) groups excluding carboxylic acids is 2. The predicted molar refractivity (Wildman–Crippen MR) is 135 cm³/mol. The minimum atomic E-state index is -0.747. The van der Waals surface area contributed by atoms with Crippen molar-refractivity contribution in [3.8, 4) is 5.75 Å². The summed E-state index contributed by atoms with van der Waals surface area (Å²) in [5.74, 6) is -1.04. The maximum Gasteiger partial charge on any atom is 0.309 e. The summed E-state index contributed by atoms with van der Waals surface area (Å²) in [5, 5.41) is 20.0. The van der Waals surface area contributed by atoms with E-state index in [4.69, 9.17) is 0 Å². The third-order valence-corrected chi connectivity index (χ3v) is 11.3. The Morgan fingerprint density at radius 2 is 1.72 bits per heavy atom. The number of phenols is 1. The van der Waals surface area contributed by atoms with Crippen molar-refractivity contribution in [2.45, 2.75) is 66.2 Å². The summed E-state index contributed by atoms with van der Waals surface area (Å²) in [6.07, 6.45) is 7.35. The largest absolute Gasteiger partial charge is 0.508 e. The molecular weight excluding hydrogens is 454 g/mol. The van der Waals surface area contributed by atoms with Gasteiger partial charge in [0.05, 0.1) is 22.9 Å². The lowest BCUT2D eigenvalue weighted by Gasteiger charge is -2.68. The van der Waals surface area contributed by atoms with Gasteiger partial charge in [0.15, 0.2) is 0 Å². The molecule has 192 valence electrons. The van der Waals surface area contributed by atoms with Crippen molar-refractivity contribution in [2.24, 2.45) is 51.8 Å². The number of allylic oxidation sites excluding steroid dienone is 2. The van der Waals surface area contributed by atoms with Crippen LogP contribution in [-0.4, -0.2) is 28.0 Å². The third-order valence-electron chi connectivity index (χ3n) is 11.3. The fraction of sp³-hybridized carbons (Fsp3) is 0.633. The number of hydrogen-bond donors (Lipinski definition) is 2. The Labute approximate surface area is 212 Å². The minimum Gasteiger partial charge on any atom is -0.508 e. The second kappa shape index (κ2) is 7.45. The molecule has 2 bridgehead atoms. The van der Waals surface area contributed by atoms with Crippen LogP contribution in [0.25, 0.3) is 0 Å². The monoisotopic (exact) mass is 491 g/mol. The molecule has 6 nitrogen and oxygen atoms in total. The number of imide groups is 1. The van der Waals surface area contributed by atoms with Gasteiger partial charge >= 0.3 is 5.97 Å². The van der Waals surface area contributed by atoms with Gasteiger partial charge in [0, 0.05) is 5.41 Å². The molecule has 0 unspecified atom stereocenters. The molecule has 1 aromatic rings. The van der Waals surface area contributed by atoms with Crippen LogP contribution in [0.4, 0.5) is 5.69 Å². The Kier molecular flexibility index (Phi) is 4.92. The van der Waals surface area contributed by atoms with Crippen molar-refractivity contribution < 1.29 is 24.6 Å². The van der Waals surface area contributed by atoms with Crippen LogP contribution in [0.1, 0.15) is 66.2 Å². The van der Waals surface area contributed by atoms with E-state index in [-0.39, 0.29) is 46.7 Å². The number of fused-ring (bicyclic) bond motifs is 1. The first-order valence-corrected chi connectivity index (χ1v) is 13.6. The van der Waals surface area contributed by atoms with Gasteiger partial charge < -0.3 is 10.2 Å². The number of amides is 2. The fourth-order valence-corrected chi connectivity index (χ4v) is 9.81. The molecule has 1 saturated heterocycles. The molecule has 5 aliphatic carbocycles. The average molecular weight is 492 g/mol. The molecule has 6 aliphatic rings. The first-order chi connectivity index (χ1) is 17.0. The number of phenolic OH excluding ortho intramolecular Hbond substituents is 1. The molecule has 0 radical (unpaired) electrons. The number of carbonyl (C=O) groups is 3. The van der Waals surface area contributed by atoms with E-state index in [9.17, 15) is 24.6 Å². The van der Waals surface area contributed by atoms with Crippen molar-refractivity contribution in [3.63, 3.8) is 0 Å². The lowest BCUT2D eigenvalue weighted by molar-refractivity contribution is -0.194. The van der Waals surface area contributed by atoms with E-state index >= 15 is 0 Å². The zero-order valence-electron chi connectivity index (χ0n) is 21.7. The number of hydrogen-bond acceptors (Lipinski definition) is 4. The van der Waals surface area contributed by atoms with Crippen LogP contribution < -0.4 is 4.90 Å². The van der Waals surface area contributed by atoms with Crippen molar-refractivity contribution in [1.82, 2.24) is 0 Å². The van der Waals surface area contributed by atoms with Gasteiger partial charge in [0.25, 0.3) is 0 Å².